The van der Waals surface area contributed by atoms with Gasteiger partial charge in [0.25, 0.3) is 0 Å². The van der Waals surface area contributed by atoms with Crippen LogP contribution in [0.3, 0.4) is 0 Å². The maximum absolute atomic E-state index is 12.0. The predicted octanol–water partition coefficient (Wildman–Crippen LogP) is 2.27. The van der Waals surface area contributed by atoms with Gasteiger partial charge in [0, 0.05) is 32.3 Å². The molecule has 1 amide bonds. The van der Waals surface area contributed by atoms with Crippen molar-refractivity contribution in [1.82, 2.24) is 5.32 Å². The Morgan fingerprint density at radius 2 is 1.90 bits per heavy atom. The number of amides is 1. The van der Waals surface area contributed by atoms with E-state index < -0.39 is 0 Å². The van der Waals surface area contributed by atoms with E-state index in [1.165, 1.54) is 0 Å². The third-order valence-corrected chi connectivity index (χ3v) is 3.55. The number of rotatable bonds is 6. The smallest absolute Gasteiger partial charge is 0.223 e. The summed E-state index contributed by atoms with van der Waals surface area (Å²) in [6.45, 7) is 5.34. The molecule has 0 saturated carbocycles. The van der Waals surface area contributed by atoms with Crippen LogP contribution < -0.4 is 5.32 Å². The molecule has 1 aliphatic rings. The van der Waals surface area contributed by atoms with Gasteiger partial charge in [-0.2, -0.15) is 0 Å². The lowest BCUT2D eigenvalue weighted by Gasteiger charge is -2.21. The molecule has 0 radical (unpaired) electrons. The second-order valence-electron chi connectivity index (χ2n) is 5.06. The van der Waals surface area contributed by atoms with Crippen LogP contribution in [-0.4, -0.2) is 25.7 Å². The van der Waals surface area contributed by atoms with E-state index >= 15 is 0 Å². The molecule has 4 heteroatoms. The highest BCUT2D eigenvalue weighted by molar-refractivity contribution is 5.78. The molecule has 1 saturated heterocycles. The SMILES string of the molecule is CCOCc1ccc(CNC(=O)C2CCOCC2)cc1. The molecular formula is C16H23NO3. The van der Waals surface area contributed by atoms with Crippen LogP contribution in [0.5, 0.6) is 0 Å². The van der Waals surface area contributed by atoms with E-state index in [1.54, 1.807) is 0 Å². The average molecular weight is 277 g/mol. The van der Waals surface area contributed by atoms with Gasteiger partial charge in [-0.1, -0.05) is 24.3 Å². The molecular weight excluding hydrogens is 254 g/mol. The van der Waals surface area contributed by atoms with Gasteiger partial charge >= 0.3 is 0 Å². The van der Waals surface area contributed by atoms with E-state index in [9.17, 15) is 4.79 Å². The average Bonchev–Trinajstić information content (AvgIpc) is 2.52. The maximum Gasteiger partial charge on any atom is 0.223 e. The largest absolute Gasteiger partial charge is 0.381 e. The lowest BCUT2D eigenvalue weighted by atomic mass is 9.99. The second-order valence-corrected chi connectivity index (χ2v) is 5.06. The zero-order chi connectivity index (χ0) is 14.2. The van der Waals surface area contributed by atoms with Crippen molar-refractivity contribution in [1.29, 1.82) is 0 Å². The summed E-state index contributed by atoms with van der Waals surface area (Å²) in [5.41, 5.74) is 2.28. The van der Waals surface area contributed by atoms with Crippen molar-refractivity contribution in [2.75, 3.05) is 19.8 Å². The fourth-order valence-electron chi connectivity index (χ4n) is 2.27. The summed E-state index contributed by atoms with van der Waals surface area (Å²) >= 11 is 0. The molecule has 1 heterocycles. The molecule has 0 aromatic heterocycles. The number of hydrogen-bond donors (Lipinski definition) is 1. The summed E-state index contributed by atoms with van der Waals surface area (Å²) in [6, 6.07) is 8.18. The first-order valence-corrected chi connectivity index (χ1v) is 7.30. The molecule has 0 unspecified atom stereocenters. The van der Waals surface area contributed by atoms with Crippen molar-refractivity contribution in [2.45, 2.75) is 32.9 Å². The molecule has 1 aromatic carbocycles. The van der Waals surface area contributed by atoms with Crippen molar-refractivity contribution in [3.05, 3.63) is 35.4 Å². The highest BCUT2D eigenvalue weighted by Crippen LogP contribution is 2.15. The van der Waals surface area contributed by atoms with E-state index in [2.05, 4.69) is 5.32 Å². The number of nitrogens with one attached hydrogen (secondary N) is 1. The van der Waals surface area contributed by atoms with Gasteiger partial charge in [-0.25, -0.2) is 0 Å². The first-order chi connectivity index (χ1) is 9.79. The summed E-state index contributed by atoms with van der Waals surface area (Å²) in [6.07, 6.45) is 1.66. The molecule has 20 heavy (non-hydrogen) atoms. The Morgan fingerprint density at radius 3 is 2.55 bits per heavy atom. The number of benzene rings is 1. The topological polar surface area (TPSA) is 47.6 Å². The standard InChI is InChI=1S/C16H23NO3/c1-2-19-12-14-5-3-13(4-6-14)11-17-16(18)15-7-9-20-10-8-15/h3-6,15H,2,7-12H2,1H3,(H,17,18). The Morgan fingerprint density at radius 1 is 1.25 bits per heavy atom. The Kier molecular flexibility index (Phi) is 6.02. The van der Waals surface area contributed by atoms with E-state index in [1.807, 2.05) is 31.2 Å². The minimum Gasteiger partial charge on any atom is -0.381 e. The monoisotopic (exact) mass is 277 g/mol. The van der Waals surface area contributed by atoms with Crippen molar-refractivity contribution >= 4 is 5.91 Å². The van der Waals surface area contributed by atoms with Gasteiger partial charge in [-0.15, -0.1) is 0 Å². The molecule has 4 nitrogen and oxygen atoms in total. The van der Waals surface area contributed by atoms with Crippen LogP contribution in [0.15, 0.2) is 24.3 Å². The Bertz CT molecular complexity index is 410. The Balaban J connectivity index is 1.76. The second kappa shape index (κ2) is 8.02. The molecule has 0 bridgehead atoms. The highest BCUT2D eigenvalue weighted by atomic mass is 16.5. The number of ether oxygens (including phenoxy) is 2. The third-order valence-electron chi connectivity index (χ3n) is 3.55. The number of carbonyl (C=O) groups is 1. The molecule has 1 aliphatic heterocycles. The van der Waals surface area contributed by atoms with Gasteiger partial charge in [-0.3, -0.25) is 4.79 Å². The van der Waals surface area contributed by atoms with Gasteiger partial charge in [0.05, 0.1) is 6.61 Å². The Hall–Kier alpha value is -1.39. The van der Waals surface area contributed by atoms with Crippen LogP contribution in [0.1, 0.15) is 30.9 Å². The van der Waals surface area contributed by atoms with Gasteiger partial charge in [0.15, 0.2) is 0 Å². The lowest BCUT2D eigenvalue weighted by Crippen LogP contribution is -2.33. The molecule has 0 spiro atoms. The van der Waals surface area contributed by atoms with E-state index in [0.717, 1.165) is 30.6 Å². The lowest BCUT2D eigenvalue weighted by molar-refractivity contribution is -0.128. The van der Waals surface area contributed by atoms with E-state index in [-0.39, 0.29) is 11.8 Å². The summed E-state index contributed by atoms with van der Waals surface area (Å²) in [5.74, 6) is 0.257. The fraction of sp³-hybridized carbons (Fsp3) is 0.562. The minimum atomic E-state index is 0.112. The van der Waals surface area contributed by atoms with Crippen molar-refractivity contribution in [2.24, 2.45) is 5.92 Å². The van der Waals surface area contributed by atoms with E-state index in [0.29, 0.717) is 26.4 Å². The molecule has 1 N–H and O–H groups in total. The van der Waals surface area contributed by atoms with Crippen LogP contribution in [0.4, 0.5) is 0 Å². The van der Waals surface area contributed by atoms with Crippen LogP contribution in [0.2, 0.25) is 0 Å². The van der Waals surface area contributed by atoms with Gasteiger partial charge in [0.1, 0.15) is 0 Å². The van der Waals surface area contributed by atoms with Crippen molar-refractivity contribution < 1.29 is 14.3 Å². The quantitative estimate of drug-likeness (QED) is 0.867. The summed E-state index contributed by atoms with van der Waals surface area (Å²) in [5, 5.41) is 3.01. The molecule has 1 fully saturated rings. The predicted molar refractivity (Wildman–Crippen MR) is 77.2 cm³/mol. The van der Waals surface area contributed by atoms with E-state index in [4.69, 9.17) is 9.47 Å². The zero-order valence-corrected chi connectivity index (χ0v) is 12.1. The van der Waals surface area contributed by atoms with Gasteiger partial charge in [-0.05, 0) is 30.9 Å². The van der Waals surface area contributed by atoms with Crippen LogP contribution >= 0.6 is 0 Å². The molecule has 110 valence electrons. The van der Waals surface area contributed by atoms with Gasteiger partial charge in [0.2, 0.25) is 5.91 Å². The van der Waals surface area contributed by atoms with Crippen LogP contribution in [0.25, 0.3) is 0 Å². The third kappa shape index (κ3) is 4.62. The fourth-order valence-corrected chi connectivity index (χ4v) is 2.27. The van der Waals surface area contributed by atoms with Crippen molar-refractivity contribution in [3.63, 3.8) is 0 Å². The minimum absolute atomic E-state index is 0.112. The van der Waals surface area contributed by atoms with Crippen LogP contribution in [0, 0.1) is 5.92 Å². The first kappa shape index (κ1) is 15.0. The molecule has 0 atom stereocenters. The maximum atomic E-state index is 12.0. The molecule has 0 aliphatic carbocycles. The zero-order valence-electron chi connectivity index (χ0n) is 12.1. The molecule has 2 rings (SSSR count). The first-order valence-electron chi connectivity index (χ1n) is 7.30. The summed E-state index contributed by atoms with van der Waals surface area (Å²) < 4.78 is 10.6. The van der Waals surface area contributed by atoms with Crippen LogP contribution in [-0.2, 0) is 27.4 Å². The normalized spacial score (nSPS) is 16.1. The highest BCUT2D eigenvalue weighted by Gasteiger charge is 2.20. The van der Waals surface area contributed by atoms with Crippen molar-refractivity contribution in [3.8, 4) is 0 Å². The van der Waals surface area contributed by atoms with Gasteiger partial charge < -0.3 is 14.8 Å². The number of hydrogen-bond acceptors (Lipinski definition) is 3. The summed E-state index contributed by atoms with van der Waals surface area (Å²) in [7, 11) is 0. The Labute approximate surface area is 120 Å². The number of carbonyl (C=O) groups excluding carboxylic acids is 1. The molecule has 1 aromatic rings. The summed E-state index contributed by atoms with van der Waals surface area (Å²) in [4.78, 5) is 12.0.